The van der Waals surface area contributed by atoms with E-state index in [0.717, 1.165) is 85.1 Å². The lowest BCUT2D eigenvalue weighted by Crippen LogP contribution is -2.42. The Morgan fingerprint density at radius 3 is 2.35 bits per heavy atom. The number of carbonyl (C=O) groups is 2. The number of thiazole rings is 1. The van der Waals surface area contributed by atoms with E-state index in [1.54, 1.807) is 0 Å². The maximum absolute atomic E-state index is 13.5. The average molecular weight is 674 g/mol. The number of ether oxygens (including phenoxy) is 2. The smallest absolute Gasteiger partial charge is 0.263 e. The first kappa shape index (κ1) is 34.0. The number of carbonyl (C=O) groups excluding carboxylic acids is 2. The normalized spacial score (nSPS) is 16.1. The van der Waals surface area contributed by atoms with Crippen LogP contribution < -0.4 is 16.0 Å². The largest absolute Gasteiger partial charge is 0.378 e. The summed E-state index contributed by atoms with van der Waals surface area (Å²) in [7, 11) is 0. The van der Waals surface area contributed by atoms with Crippen molar-refractivity contribution >= 4 is 39.3 Å². The lowest BCUT2D eigenvalue weighted by atomic mass is 9.79. The van der Waals surface area contributed by atoms with Crippen LogP contribution in [0.25, 0.3) is 22.4 Å². The molecule has 2 aliphatic rings. The highest BCUT2D eigenvalue weighted by Crippen LogP contribution is 2.36. The minimum Gasteiger partial charge on any atom is -0.378 e. The second-order valence-electron chi connectivity index (χ2n) is 12.5. The Morgan fingerprint density at radius 1 is 0.938 bits per heavy atom. The van der Waals surface area contributed by atoms with Gasteiger partial charge in [0.15, 0.2) is 5.13 Å². The molecular weight excluding hydrogens is 627 g/mol. The zero-order valence-corrected chi connectivity index (χ0v) is 28.6. The number of H-pyrrole nitrogens is 1. The molecule has 0 saturated carbocycles. The van der Waals surface area contributed by atoms with Crippen molar-refractivity contribution in [3.05, 3.63) is 64.7 Å². The molecule has 2 aromatic heterocycles. The second kappa shape index (κ2) is 16.5. The summed E-state index contributed by atoms with van der Waals surface area (Å²) in [6.07, 6.45) is 4.99. The van der Waals surface area contributed by atoms with Gasteiger partial charge in [-0.1, -0.05) is 48.6 Å². The first-order valence-electron chi connectivity index (χ1n) is 17.3. The lowest BCUT2D eigenvalue weighted by Gasteiger charge is -2.40. The summed E-state index contributed by atoms with van der Waals surface area (Å²) < 4.78 is 10.8. The number of rotatable bonds is 14. The Labute approximate surface area is 286 Å². The summed E-state index contributed by atoms with van der Waals surface area (Å²) in [5, 5.41) is 3.91. The van der Waals surface area contributed by atoms with Crippen LogP contribution in [0.5, 0.6) is 0 Å². The predicted octanol–water partition coefficient (Wildman–Crippen LogP) is 4.74. The lowest BCUT2D eigenvalue weighted by molar-refractivity contribution is 0.0511. The van der Waals surface area contributed by atoms with Crippen LogP contribution in [-0.4, -0.2) is 97.4 Å². The molecule has 4 heterocycles. The van der Waals surface area contributed by atoms with Crippen LogP contribution in [0, 0.1) is 11.8 Å². The minimum absolute atomic E-state index is 0.0869. The SMILES string of the molecule is CCc1nc(N2CCC(C3CCN(C(=O)c4ccc5nc(-c6ccccc6)[nH]c5c4)CC3)CC2)sc1C(=O)NCCOCCOCCN. The van der Waals surface area contributed by atoms with Gasteiger partial charge in [-0.15, -0.1) is 0 Å². The zero-order chi connectivity index (χ0) is 33.3. The number of aromatic amines is 1. The Kier molecular flexibility index (Phi) is 11.7. The fourth-order valence-electron chi connectivity index (χ4n) is 6.81. The van der Waals surface area contributed by atoms with Crippen LogP contribution in [0.3, 0.4) is 0 Å². The number of anilines is 1. The first-order chi connectivity index (χ1) is 23.5. The van der Waals surface area contributed by atoms with Crippen molar-refractivity contribution < 1.29 is 19.1 Å². The quantitative estimate of drug-likeness (QED) is 0.163. The number of piperidine rings is 2. The molecule has 0 bridgehead atoms. The second-order valence-corrected chi connectivity index (χ2v) is 13.5. The fourth-order valence-corrected chi connectivity index (χ4v) is 7.93. The average Bonchev–Trinajstić information content (AvgIpc) is 3.78. The molecule has 48 heavy (non-hydrogen) atoms. The van der Waals surface area contributed by atoms with E-state index in [2.05, 4.69) is 15.2 Å². The number of hydrogen-bond acceptors (Lipinski definition) is 9. The molecule has 12 heteroatoms. The number of nitrogens with two attached hydrogens (primary N) is 1. The third-order valence-electron chi connectivity index (χ3n) is 9.47. The molecule has 0 unspecified atom stereocenters. The summed E-state index contributed by atoms with van der Waals surface area (Å²) in [5.74, 6) is 2.09. The number of aromatic nitrogens is 3. The molecule has 2 aliphatic heterocycles. The highest BCUT2D eigenvalue weighted by molar-refractivity contribution is 7.17. The van der Waals surface area contributed by atoms with Crippen molar-refractivity contribution in [3.8, 4) is 11.4 Å². The molecule has 0 aliphatic carbocycles. The van der Waals surface area contributed by atoms with E-state index < -0.39 is 0 Å². The minimum atomic E-state index is -0.0869. The molecule has 4 aromatic rings. The fraction of sp³-hybridized carbons (Fsp3) is 0.500. The van der Waals surface area contributed by atoms with Gasteiger partial charge < -0.3 is 35.3 Å². The number of hydrogen-bond donors (Lipinski definition) is 3. The first-order valence-corrected chi connectivity index (χ1v) is 18.1. The van der Waals surface area contributed by atoms with Gasteiger partial charge in [0.05, 0.1) is 43.2 Å². The number of fused-ring (bicyclic) bond motifs is 1. The highest BCUT2D eigenvalue weighted by atomic mass is 32.1. The van der Waals surface area contributed by atoms with Gasteiger partial charge in [0.1, 0.15) is 10.7 Å². The molecule has 256 valence electrons. The predicted molar refractivity (Wildman–Crippen MR) is 190 cm³/mol. The molecule has 2 saturated heterocycles. The summed E-state index contributed by atoms with van der Waals surface area (Å²) >= 11 is 1.49. The van der Waals surface area contributed by atoms with Gasteiger partial charge >= 0.3 is 0 Å². The topological polar surface area (TPSA) is 139 Å². The molecule has 6 rings (SSSR count). The van der Waals surface area contributed by atoms with Gasteiger partial charge in [0.2, 0.25) is 0 Å². The number of nitrogens with zero attached hydrogens (tertiary/aromatic N) is 4. The van der Waals surface area contributed by atoms with Crippen LogP contribution in [0.1, 0.15) is 58.3 Å². The monoisotopic (exact) mass is 673 g/mol. The van der Waals surface area contributed by atoms with Crippen LogP contribution in [0.4, 0.5) is 5.13 Å². The van der Waals surface area contributed by atoms with E-state index in [0.29, 0.717) is 68.2 Å². The van der Waals surface area contributed by atoms with Crippen LogP contribution >= 0.6 is 11.3 Å². The van der Waals surface area contributed by atoms with E-state index in [1.165, 1.54) is 11.3 Å². The third kappa shape index (κ3) is 8.23. The molecule has 2 fully saturated rings. The van der Waals surface area contributed by atoms with E-state index >= 15 is 0 Å². The van der Waals surface area contributed by atoms with Gasteiger partial charge in [0, 0.05) is 50.4 Å². The van der Waals surface area contributed by atoms with Gasteiger partial charge in [-0.25, -0.2) is 9.97 Å². The van der Waals surface area contributed by atoms with Crippen molar-refractivity contribution in [2.24, 2.45) is 17.6 Å². The van der Waals surface area contributed by atoms with Gasteiger partial charge in [0.25, 0.3) is 11.8 Å². The Balaban J connectivity index is 0.954. The van der Waals surface area contributed by atoms with E-state index in [-0.39, 0.29) is 11.8 Å². The Hall–Kier alpha value is -3.84. The van der Waals surface area contributed by atoms with Crippen molar-refractivity contribution in [1.82, 2.24) is 25.2 Å². The molecule has 2 amide bonds. The van der Waals surface area contributed by atoms with Crippen molar-refractivity contribution in [1.29, 1.82) is 0 Å². The summed E-state index contributed by atoms with van der Waals surface area (Å²) in [6.45, 7) is 8.38. The maximum atomic E-state index is 13.5. The number of likely N-dealkylation sites (tertiary alicyclic amines) is 1. The third-order valence-corrected chi connectivity index (χ3v) is 10.6. The number of benzene rings is 2. The standard InChI is InChI=1S/C36H47N7O4S/c1-2-29-32(34(44)38-15-21-47-23-22-46-20-14-37)48-36(41-29)43-18-12-26(13-19-43)25-10-16-42(17-11-25)35(45)28-8-9-30-31(24-28)40-33(39-30)27-6-4-3-5-7-27/h3-9,24-26H,2,10-23,37H2,1H3,(H,38,44)(H,39,40). The molecule has 0 spiro atoms. The molecular formula is C36H47N7O4S. The zero-order valence-electron chi connectivity index (χ0n) is 27.8. The number of nitrogens with one attached hydrogen (secondary N) is 2. The van der Waals surface area contributed by atoms with E-state index in [4.69, 9.17) is 25.2 Å². The Bertz CT molecular complexity index is 1640. The van der Waals surface area contributed by atoms with E-state index in [1.807, 2.05) is 60.4 Å². The van der Waals surface area contributed by atoms with Crippen LogP contribution in [0.2, 0.25) is 0 Å². The molecule has 2 aromatic carbocycles. The summed E-state index contributed by atoms with van der Waals surface area (Å²) in [5.41, 5.74) is 9.74. The van der Waals surface area contributed by atoms with Crippen LogP contribution in [0.15, 0.2) is 48.5 Å². The van der Waals surface area contributed by atoms with Gasteiger partial charge in [-0.05, 0) is 62.1 Å². The van der Waals surface area contributed by atoms with Gasteiger partial charge in [-0.2, -0.15) is 0 Å². The number of imidazole rings is 1. The molecule has 4 N–H and O–H groups in total. The van der Waals surface area contributed by atoms with Crippen molar-refractivity contribution in [2.45, 2.75) is 39.0 Å². The van der Waals surface area contributed by atoms with Gasteiger partial charge in [-0.3, -0.25) is 9.59 Å². The Morgan fingerprint density at radius 2 is 1.65 bits per heavy atom. The molecule has 0 atom stereocenters. The van der Waals surface area contributed by atoms with E-state index in [9.17, 15) is 9.59 Å². The number of aryl methyl sites for hydroxylation is 1. The van der Waals surface area contributed by atoms with Crippen molar-refractivity contribution in [2.75, 3.05) is 70.6 Å². The summed E-state index contributed by atoms with van der Waals surface area (Å²) in [6, 6.07) is 15.8. The van der Waals surface area contributed by atoms with Crippen molar-refractivity contribution in [3.63, 3.8) is 0 Å². The maximum Gasteiger partial charge on any atom is 0.263 e. The number of amides is 2. The van der Waals surface area contributed by atoms with Crippen LogP contribution in [-0.2, 0) is 15.9 Å². The summed E-state index contributed by atoms with van der Waals surface area (Å²) in [4.78, 5) is 44.4. The molecule has 11 nitrogen and oxygen atoms in total. The molecule has 0 radical (unpaired) electrons. The highest BCUT2D eigenvalue weighted by Gasteiger charge is 2.32.